The monoisotopic (exact) mass is 372 g/mol. The van der Waals surface area contributed by atoms with Crippen LogP contribution < -0.4 is 0 Å². The van der Waals surface area contributed by atoms with E-state index in [1.165, 1.54) is 5.06 Å². The maximum atomic E-state index is 13.6. The van der Waals surface area contributed by atoms with Crippen LogP contribution in [0.1, 0.15) is 41.4 Å². The van der Waals surface area contributed by atoms with E-state index in [1.54, 1.807) is 48.5 Å². The lowest BCUT2D eigenvalue weighted by Gasteiger charge is -2.35. The molecule has 2 aromatic carbocycles. The number of carbonyl (C=O) groups is 1. The normalized spacial score (nSPS) is 18.3. The number of hydrogen-bond donors (Lipinski definition) is 1. The molecule has 0 amide bonds. The molecule has 27 heavy (non-hydrogen) atoms. The molecule has 3 rings (SSSR count). The van der Waals surface area contributed by atoms with Crippen LogP contribution in [0.2, 0.25) is 0 Å². The lowest BCUT2D eigenvalue weighted by Crippen LogP contribution is -2.45. The molecule has 5 nitrogen and oxygen atoms in total. The minimum atomic E-state index is -2.17. The zero-order valence-electron chi connectivity index (χ0n) is 18.2. The van der Waals surface area contributed by atoms with E-state index in [4.69, 9.17) is 13.6 Å². The van der Waals surface area contributed by atoms with Gasteiger partial charge in [0.05, 0.1) is 0 Å². The Labute approximate surface area is 164 Å². The highest BCUT2D eigenvalue weighted by molar-refractivity contribution is 5.86. The number of esters is 1. The van der Waals surface area contributed by atoms with Gasteiger partial charge in [-0.2, -0.15) is 5.06 Å². The van der Waals surface area contributed by atoms with Crippen LogP contribution in [0, 0.1) is 0 Å². The average Bonchev–Trinajstić information content (AvgIpc) is 2.73. The first-order chi connectivity index (χ1) is 14.3. The van der Waals surface area contributed by atoms with E-state index in [0.29, 0.717) is 37.1 Å². The molecule has 0 bridgehead atoms. The topological polar surface area (TPSA) is 59.0 Å². The average molecular weight is 372 g/mol. The minimum Gasteiger partial charge on any atom is -0.460 e. The third-order valence-corrected chi connectivity index (χ3v) is 4.76. The van der Waals surface area contributed by atoms with Gasteiger partial charge in [0, 0.05) is 23.8 Å². The first-order valence-corrected chi connectivity index (χ1v) is 9.21. The van der Waals surface area contributed by atoms with Gasteiger partial charge in [-0.05, 0) is 30.4 Å². The molecule has 0 saturated carbocycles. The molecule has 1 saturated heterocycles. The molecule has 1 heterocycles. The van der Waals surface area contributed by atoms with Gasteiger partial charge in [0.2, 0.25) is 5.60 Å². The number of benzene rings is 2. The Kier molecular flexibility index (Phi) is 5.35. The van der Waals surface area contributed by atoms with Gasteiger partial charge in [-0.3, -0.25) is 0 Å². The Morgan fingerprint density at radius 2 is 1.67 bits per heavy atom. The molecule has 2 aromatic rings. The van der Waals surface area contributed by atoms with Gasteiger partial charge in [-0.15, -0.1) is 0 Å². The summed E-state index contributed by atoms with van der Waals surface area (Å²) in [5, 5.41) is 10.8. The summed E-state index contributed by atoms with van der Waals surface area (Å²) in [6, 6.07) is 18.0. The number of hydroxylamine groups is 2. The van der Waals surface area contributed by atoms with Gasteiger partial charge in [-0.1, -0.05) is 67.5 Å². The summed E-state index contributed by atoms with van der Waals surface area (Å²) >= 11 is 0. The maximum absolute atomic E-state index is 13.6. The summed E-state index contributed by atoms with van der Waals surface area (Å²) in [5.41, 5.74) is -0.429. The summed E-state index contributed by atoms with van der Waals surface area (Å²) in [6.07, 6.45) is 0.484. The van der Waals surface area contributed by atoms with Gasteiger partial charge in [-0.25, -0.2) is 4.79 Å². The fraction of sp³-hybridized carbons (Fsp3) is 0.409. The van der Waals surface area contributed by atoms with Crippen molar-refractivity contribution in [3.8, 4) is 0 Å². The van der Waals surface area contributed by atoms with Crippen LogP contribution in [0.15, 0.2) is 60.7 Å². The van der Waals surface area contributed by atoms with Crippen LogP contribution in [-0.4, -0.2) is 42.0 Å². The van der Waals surface area contributed by atoms with Gasteiger partial charge in [0.1, 0.15) is 6.10 Å². The summed E-state index contributed by atoms with van der Waals surface area (Å²) in [5.74, 6) is -0.582. The zero-order chi connectivity index (χ0) is 21.6. The van der Waals surface area contributed by atoms with Crippen LogP contribution in [-0.2, 0) is 19.9 Å². The summed E-state index contributed by atoms with van der Waals surface area (Å²) in [4.78, 5) is 13.6. The highest BCUT2D eigenvalue weighted by atomic mass is 16.6. The fourth-order valence-electron chi connectivity index (χ4n) is 3.37. The Balaban J connectivity index is 1.97. The Morgan fingerprint density at radius 1 is 1.11 bits per heavy atom. The molecule has 0 atom stereocenters. The molecule has 0 spiro atoms. The highest BCUT2D eigenvalue weighted by Crippen LogP contribution is 2.36. The summed E-state index contributed by atoms with van der Waals surface area (Å²) in [6.45, 7) is -1.47. The third kappa shape index (κ3) is 4.38. The molecule has 144 valence electrons. The lowest BCUT2D eigenvalue weighted by molar-refractivity contribution is -0.182. The molecule has 0 aliphatic carbocycles. The standard InChI is InChI=1S/C22H27NO4/c1-2-17-26-22(18-9-5-3-6-10-18,19-11-7-4-8-12-19)21(24)27-20-13-15-23(25)16-14-20/h3-12,20,25H,2,13-17H2,1H3/i1D3. The van der Waals surface area contributed by atoms with E-state index in [-0.39, 0.29) is 19.1 Å². The van der Waals surface area contributed by atoms with Crippen molar-refractivity contribution in [2.24, 2.45) is 0 Å². The predicted molar refractivity (Wildman–Crippen MR) is 102 cm³/mol. The number of rotatable bonds is 7. The summed E-state index contributed by atoms with van der Waals surface area (Å²) < 4.78 is 34.4. The molecule has 1 N–H and O–H groups in total. The van der Waals surface area contributed by atoms with E-state index in [2.05, 4.69) is 0 Å². The van der Waals surface area contributed by atoms with E-state index in [9.17, 15) is 10.0 Å². The second-order valence-electron chi connectivity index (χ2n) is 6.57. The Bertz CT molecular complexity index is 767. The first-order valence-electron chi connectivity index (χ1n) is 10.7. The van der Waals surface area contributed by atoms with Crippen molar-refractivity contribution in [3.05, 3.63) is 71.8 Å². The maximum Gasteiger partial charge on any atom is 0.348 e. The molecule has 1 fully saturated rings. The van der Waals surface area contributed by atoms with Gasteiger partial charge in [0.15, 0.2) is 0 Å². The van der Waals surface area contributed by atoms with Crippen molar-refractivity contribution in [2.75, 3.05) is 19.7 Å². The largest absolute Gasteiger partial charge is 0.460 e. The molecule has 5 heteroatoms. The lowest BCUT2D eigenvalue weighted by atomic mass is 9.85. The predicted octanol–water partition coefficient (Wildman–Crippen LogP) is 3.75. The van der Waals surface area contributed by atoms with Crippen LogP contribution in [0.25, 0.3) is 0 Å². The highest BCUT2D eigenvalue weighted by Gasteiger charge is 2.46. The molecule has 0 aromatic heterocycles. The Morgan fingerprint density at radius 3 is 2.19 bits per heavy atom. The van der Waals surface area contributed by atoms with Crippen molar-refractivity contribution in [1.82, 2.24) is 5.06 Å². The van der Waals surface area contributed by atoms with Crippen molar-refractivity contribution in [1.29, 1.82) is 0 Å². The quantitative estimate of drug-likeness (QED) is 0.750. The third-order valence-electron chi connectivity index (χ3n) is 4.76. The van der Waals surface area contributed by atoms with Crippen molar-refractivity contribution in [2.45, 2.75) is 37.8 Å². The van der Waals surface area contributed by atoms with Crippen molar-refractivity contribution < 1.29 is 23.6 Å². The number of hydrogen-bond acceptors (Lipinski definition) is 5. The van der Waals surface area contributed by atoms with E-state index in [1.807, 2.05) is 12.1 Å². The second-order valence-corrected chi connectivity index (χ2v) is 6.57. The molecule has 1 aliphatic rings. The number of carbonyl (C=O) groups excluding carboxylic acids is 1. The minimum absolute atomic E-state index is 0.134. The van der Waals surface area contributed by atoms with Crippen LogP contribution in [0.3, 0.4) is 0 Å². The fourth-order valence-corrected chi connectivity index (χ4v) is 3.37. The Hall–Kier alpha value is -2.21. The molecule has 0 radical (unpaired) electrons. The number of ether oxygens (including phenoxy) is 2. The second kappa shape index (κ2) is 9.13. The SMILES string of the molecule is [2H]C([2H])([2H])CCOC(C(=O)OC1CCN(O)CC1)(c1ccccc1)c1ccccc1. The molecule has 1 aliphatic heterocycles. The first kappa shape index (κ1) is 15.8. The molecular formula is C22H27NO4. The smallest absolute Gasteiger partial charge is 0.348 e. The van der Waals surface area contributed by atoms with Crippen LogP contribution in [0.4, 0.5) is 0 Å². The van der Waals surface area contributed by atoms with E-state index < -0.39 is 18.4 Å². The zero-order valence-corrected chi connectivity index (χ0v) is 15.2. The van der Waals surface area contributed by atoms with Gasteiger partial charge < -0.3 is 14.7 Å². The van der Waals surface area contributed by atoms with E-state index in [0.717, 1.165) is 0 Å². The molecule has 0 unspecified atom stereocenters. The van der Waals surface area contributed by atoms with Gasteiger partial charge >= 0.3 is 5.97 Å². The summed E-state index contributed by atoms with van der Waals surface area (Å²) in [7, 11) is 0. The van der Waals surface area contributed by atoms with Gasteiger partial charge in [0.25, 0.3) is 0 Å². The van der Waals surface area contributed by atoms with Crippen molar-refractivity contribution >= 4 is 5.97 Å². The van der Waals surface area contributed by atoms with Crippen LogP contribution >= 0.6 is 0 Å². The van der Waals surface area contributed by atoms with E-state index >= 15 is 0 Å². The van der Waals surface area contributed by atoms with Crippen LogP contribution in [0.5, 0.6) is 0 Å². The molecular weight excluding hydrogens is 342 g/mol. The van der Waals surface area contributed by atoms with Crippen molar-refractivity contribution in [3.63, 3.8) is 0 Å². The number of nitrogens with zero attached hydrogens (tertiary/aromatic N) is 1. The number of piperidine rings is 1.